The van der Waals surface area contributed by atoms with E-state index in [0.29, 0.717) is 0 Å². The van der Waals surface area contributed by atoms with E-state index in [1.807, 2.05) is 0 Å². The van der Waals surface area contributed by atoms with Crippen LogP contribution in [-0.4, -0.2) is 0 Å². The summed E-state index contributed by atoms with van der Waals surface area (Å²) < 4.78 is 0. The second-order valence-electron chi connectivity index (χ2n) is 8.93. The molecule has 0 radical (unpaired) electrons. The molecule has 0 aliphatic carbocycles. The number of aryl methyl sites for hydroxylation is 2. The van der Waals surface area contributed by atoms with Crippen molar-refractivity contribution in [1.82, 2.24) is 0 Å². The maximum Gasteiger partial charge on any atom is -0.00604 e. The van der Waals surface area contributed by atoms with E-state index >= 15 is 0 Å². The minimum absolute atomic E-state index is 1.34. The zero-order chi connectivity index (χ0) is 21.4. The lowest BCUT2D eigenvalue weighted by Gasteiger charge is -2.20. The van der Waals surface area contributed by atoms with Crippen LogP contribution >= 0.6 is 0 Å². The average Bonchev–Trinajstić information content (AvgIpc) is 2.86. The summed E-state index contributed by atoms with van der Waals surface area (Å²) in [5.41, 5.74) is 2.76. The molecule has 0 saturated carbocycles. The first-order chi connectivity index (χ1) is 15.8. The second-order valence-corrected chi connectivity index (χ2v) is 8.93. The molecular formula is C32H22. The molecule has 0 saturated heterocycles. The summed E-state index contributed by atoms with van der Waals surface area (Å²) in [6.07, 6.45) is 0. The standard InChI is InChI=1S/C32H22/c1-19-29-25-15-7-3-11-21(25)23-13-5-9-17-27(23)31(29)20(2)32-28-18-10-6-14-24(28)22-12-4-8-16-26(22)30(19)32/h3-18H,1-2H3. The highest BCUT2D eigenvalue weighted by Gasteiger charge is 2.19. The summed E-state index contributed by atoms with van der Waals surface area (Å²) in [6, 6.07) is 35.6. The van der Waals surface area contributed by atoms with Crippen LogP contribution in [0, 0.1) is 13.8 Å². The smallest absolute Gasteiger partial charge is 0.00604 e. The lowest BCUT2D eigenvalue weighted by molar-refractivity contribution is 1.56. The Hall–Kier alpha value is -3.90. The van der Waals surface area contributed by atoms with Gasteiger partial charge in [-0.1, -0.05) is 97.1 Å². The summed E-state index contributed by atoms with van der Waals surface area (Å²) in [6.45, 7) is 4.65. The minimum Gasteiger partial charge on any atom is -0.0616 e. The van der Waals surface area contributed by atoms with Gasteiger partial charge in [0.1, 0.15) is 0 Å². The molecule has 0 aliphatic heterocycles. The van der Waals surface area contributed by atoms with E-state index in [9.17, 15) is 0 Å². The molecule has 0 heteroatoms. The van der Waals surface area contributed by atoms with Crippen LogP contribution in [0.1, 0.15) is 11.1 Å². The predicted octanol–water partition coefficient (Wildman–Crippen LogP) is 9.22. The Kier molecular flexibility index (Phi) is 3.50. The number of rotatable bonds is 0. The monoisotopic (exact) mass is 406 g/mol. The zero-order valence-electron chi connectivity index (χ0n) is 18.2. The molecule has 7 rings (SSSR count). The number of hydrogen-bond donors (Lipinski definition) is 0. The van der Waals surface area contributed by atoms with Crippen LogP contribution in [0.4, 0.5) is 0 Å². The maximum atomic E-state index is 2.33. The molecule has 0 fully saturated rings. The van der Waals surface area contributed by atoms with Gasteiger partial charge in [-0.05, 0) is 89.6 Å². The Morgan fingerprint density at radius 3 is 0.688 bits per heavy atom. The van der Waals surface area contributed by atoms with Crippen molar-refractivity contribution in [3.63, 3.8) is 0 Å². The Morgan fingerprint density at radius 2 is 0.469 bits per heavy atom. The molecular weight excluding hydrogens is 384 g/mol. The SMILES string of the molecule is Cc1c2c3ccccc3c3ccccc3c2c(C)c2c3ccccc3c3ccccc3c12. The van der Waals surface area contributed by atoms with Crippen molar-refractivity contribution in [2.24, 2.45) is 0 Å². The van der Waals surface area contributed by atoms with Gasteiger partial charge >= 0.3 is 0 Å². The maximum absolute atomic E-state index is 2.33. The molecule has 0 amide bonds. The highest BCUT2D eigenvalue weighted by molar-refractivity contribution is 6.35. The molecule has 150 valence electrons. The van der Waals surface area contributed by atoms with E-state index < -0.39 is 0 Å². The average molecular weight is 407 g/mol. The normalized spacial score (nSPS) is 12.1. The Balaban J connectivity index is 1.94. The predicted molar refractivity (Wildman–Crippen MR) is 141 cm³/mol. The van der Waals surface area contributed by atoms with Gasteiger partial charge in [0.25, 0.3) is 0 Å². The Morgan fingerprint density at radius 1 is 0.281 bits per heavy atom. The Labute approximate surface area is 186 Å². The summed E-state index contributed by atoms with van der Waals surface area (Å²) >= 11 is 0. The van der Waals surface area contributed by atoms with E-state index in [4.69, 9.17) is 0 Å². The van der Waals surface area contributed by atoms with Crippen LogP contribution < -0.4 is 0 Å². The molecule has 7 aromatic carbocycles. The molecule has 0 aliphatic rings. The van der Waals surface area contributed by atoms with Gasteiger partial charge < -0.3 is 0 Å². The fourth-order valence-corrected chi connectivity index (χ4v) is 6.09. The van der Waals surface area contributed by atoms with E-state index in [1.54, 1.807) is 0 Å². The molecule has 0 bridgehead atoms. The molecule has 0 atom stereocenters. The van der Waals surface area contributed by atoms with Crippen LogP contribution in [0.2, 0.25) is 0 Å². The summed E-state index contributed by atoms with van der Waals surface area (Å²) in [5.74, 6) is 0. The third-order valence-corrected chi connectivity index (χ3v) is 7.37. The Bertz CT molecular complexity index is 1610. The number of benzene rings is 7. The van der Waals surface area contributed by atoms with Gasteiger partial charge in [0, 0.05) is 0 Å². The first-order valence-corrected chi connectivity index (χ1v) is 11.3. The summed E-state index contributed by atoms with van der Waals surface area (Å²) in [4.78, 5) is 0. The summed E-state index contributed by atoms with van der Waals surface area (Å²) in [5, 5.41) is 16.3. The van der Waals surface area contributed by atoms with Crippen molar-refractivity contribution < 1.29 is 0 Å². The van der Waals surface area contributed by atoms with Gasteiger partial charge in [-0.3, -0.25) is 0 Å². The van der Waals surface area contributed by atoms with E-state index in [2.05, 4.69) is 111 Å². The fraction of sp³-hybridized carbons (Fsp3) is 0.0625. The van der Waals surface area contributed by atoms with Crippen molar-refractivity contribution in [2.45, 2.75) is 13.8 Å². The fourth-order valence-electron chi connectivity index (χ4n) is 6.09. The molecule has 0 heterocycles. The lowest BCUT2D eigenvalue weighted by Crippen LogP contribution is -1.94. The van der Waals surface area contributed by atoms with Gasteiger partial charge in [-0.25, -0.2) is 0 Å². The molecule has 0 spiro atoms. The first kappa shape index (κ1) is 17.7. The minimum atomic E-state index is 1.34. The van der Waals surface area contributed by atoms with Crippen LogP contribution in [0.25, 0.3) is 64.6 Å². The third-order valence-electron chi connectivity index (χ3n) is 7.37. The van der Waals surface area contributed by atoms with Gasteiger partial charge in [-0.15, -0.1) is 0 Å². The van der Waals surface area contributed by atoms with Crippen molar-refractivity contribution in [3.05, 3.63) is 108 Å². The van der Waals surface area contributed by atoms with Crippen molar-refractivity contribution >= 4 is 64.6 Å². The van der Waals surface area contributed by atoms with Gasteiger partial charge in [0.2, 0.25) is 0 Å². The largest absolute Gasteiger partial charge is 0.0616 e. The second kappa shape index (κ2) is 6.31. The topological polar surface area (TPSA) is 0 Å². The molecule has 0 unspecified atom stereocenters. The highest BCUT2D eigenvalue weighted by atomic mass is 14.2. The highest BCUT2D eigenvalue weighted by Crippen LogP contribution is 2.46. The van der Waals surface area contributed by atoms with E-state index in [0.717, 1.165) is 0 Å². The lowest BCUT2D eigenvalue weighted by atomic mass is 9.83. The molecule has 0 nitrogen and oxygen atoms in total. The van der Waals surface area contributed by atoms with Gasteiger partial charge in [-0.2, -0.15) is 0 Å². The molecule has 0 aromatic heterocycles. The van der Waals surface area contributed by atoms with Crippen LogP contribution in [-0.2, 0) is 0 Å². The van der Waals surface area contributed by atoms with Gasteiger partial charge in [0.15, 0.2) is 0 Å². The van der Waals surface area contributed by atoms with Crippen molar-refractivity contribution in [2.75, 3.05) is 0 Å². The van der Waals surface area contributed by atoms with Crippen LogP contribution in [0.15, 0.2) is 97.1 Å². The molecule has 32 heavy (non-hydrogen) atoms. The van der Waals surface area contributed by atoms with Crippen LogP contribution in [0.3, 0.4) is 0 Å². The van der Waals surface area contributed by atoms with Crippen molar-refractivity contribution in [3.8, 4) is 0 Å². The number of hydrogen-bond acceptors (Lipinski definition) is 0. The van der Waals surface area contributed by atoms with Crippen LogP contribution in [0.5, 0.6) is 0 Å². The third kappa shape index (κ3) is 2.12. The molecule has 7 aromatic rings. The first-order valence-electron chi connectivity index (χ1n) is 11.3. The van der Waals surface area contributed by atoms with Crippen molar-refractivity contribution in [1.29, 1.82) is 0 Å². The number of fused-ring (bicyclic) bond motifs is 12. The molecule has 0 N–H and O–H groups in total. The zero-order valence-corrected chi connectivity index (χ0v) is 18.2. The summed E-state index contributed by atoms with van der Waals surface area (Å²) in [7, 11) is 0. The quantitative estimate of drug-likeness (QED) is 0.174. The van der Waals surface area contributed by atoms with E-state index in [1.165, 1.54) is 75.8 Å². The van der Waals surface area contributed by atoms with E-state index in [-0.39, 0.29) is 0 Å². The van der Waals surface area contributed by atoms with Gasteiger partial charge in [0.05, 0.1) is 0 Å².